The molecule has 0 spiro atoms. The molecule has 0 atom stereocenters. The molecule has 0 bridgehead atoms. The number of amides is 2. The van der Waals surface area contributed by atoms with E-state index in [1.165, 1.54) is 15.8 Å². The van der Waals surface area contributed by atoms with E-state index in [2.05, 4.69) is 22.2 Å². The summed E-state index contributed by atoms with van der Waals surface area (Å²) >= 11 is 0. The van der Waals surface area contributed by atoms with Gasteiger partial charge in [-0.05, 0) is 80.3 Å². The molecular formula is C25H29N5O2. The Hall–Kier alpha value is -3.61. The summed E-state index contributed by atoms with van der Waals surface area (Å²) in [6, 6.07) is 15.0. The molecule has 2 aromatic carbocycles. The summed E-state index contributed by atoms with van der Waals surface area (Å²) in [6.45, 7) is 10.6. The number of piperazine rings is 1. The summed E-state index contributed by atoms with van der Waals surface area (Å²) in [6.07, 6.45) is 0. The molecule has 166 valence electrons. The van der Waals surface area contributed by atoms with Gasteiger partial charge < -0.3 is 15.1 Å². The van der Waals surface area contributed by atoms with E-state index < -0.39 is 0 Å². The van der Waals surface area contributed by atoms with Crippen LogP contribution in [0.3, 0.4) is 0 Å². The van der Waals surface area contributed by atoms with E-state index in [1.807, 2.05) is 62.1 Å². The number of nitrogens with zero attached hydrogens (tertiary/aromatic N) is 4. The van der Waals surface area contributed by atoms with Gasteiger partial charge >= 0.3 is 6.03 Å². The Balaban J connectivity index is 1.43. The molecule has 1 N–H and O–H groups in total. The zero-order chi connectivity index (χ0) is 22.8. The van der Waals surface area contributed by atoms with Crippen LogP contribution in [0.4, 0.5) is 16.3 Å². The van der Waals surface area contributed by atoms with E-state index in [0.717, 1.165) is 28.3 Å². The van der Waals surface area contributed by atoms with Crippen molar-refractivity contribution < 1.29 is 4.79 Å². The lowest BCUT2D eigenvalue weighted by Crippen LogP contribution is -2.50. The Morgan fingerprint density at radius 2 is 1.47 bits per heavy atom. The number of urea groups is 1. The minimum absolute atomic E-state index is 0.0963. The highest BCUT2D eigenvalue weighted by Gasteiger charge is 2.22. The van der Waals surface area contributed by atoms with Gasteiger partial charge in [-0.25, -0.2) is 4.79 Å². The van der Waals surface area contributed by atoms with Crippen molar-refractivity contribution in [1.82, 2.24) is 14.7 Å². The first-order valence-corrected chi connectivity index (χ1v) is 10.9. The first kappa shape index (κ1) is 21.6. The quantitative estimate of drug-likeness (QED) is 0.684. The lowest BCUT2D eigenvalue weighted by Gasteiger charge is -2.35. The number of benzene rings is 2. The molecule has 0 radical (unpaired) electrons. The van der Waals surface area contributed by atoms with Crippen LogP contribution in [0, 0.1) is 27.7 Å². The van der Waals surface area contributed by atoms with Crippen LogP contribution in [-0.4, -0.2) is 46.9 Å². The molecule has 1 saturated heterocycles. The van der Waals surface area contributed by atoms with Crippen LogP contribution in [0.1, 0.15) is 22.3 Å². The summed E-state index contributed by atoms with van der Waals surface area (Å²) in [7, 11) is 0. The molecule has 4 rings (SSSR count). The van der Waals surface area contributed by atoms with Crippen molar-refractivity contribution in [2.45, 2.75) is 27.7 Å². The summed E-state index contributed by atoms with van der Waals surface area (Å²) < 4.78 is 1.45. The fourth-order valence-electron chi connectivity index (χ4n) is 3.77. The second-order valence-electron chi connectivity index (χ2n) is 8.41. The van der Waals surface area contributed by atoms with Gasteiger partial charge in [-0.1, -0.05) is 12.1 Å². The molecule has 7 nitrogen and oxygen atoms in total. The smallest absolute Gasteiger partial charge is 0.321 e. The number of hydrogen-bond donors (Lipinski definition) is 1. The van der Waals surface area contributed by atoms with Crippen molar-refractivity contribution in [2.75, 3.05) is 36.4 Å². The van der Waals surface area contributed by atoms with Crippen molar-refractivity contribution in [3.63, 3.8) is 0 Å². The molecule has 1 aliphatic heterocycles. The third kappa shape index (κ3) is 4.51. The fraction of sp³-hybridized carbons (Fsp3) is 0.320. The summed E-state index contributed by atoms with van der Waals surface area (Å²) in [4.78, 5) is 29.0. The van der Waals surface area contributed by atoms with E-state index in [0.29, 0.717) is 26.2 Å². The summed E-state index contributed by atoms with van der Waals surface area (Å²) in [5, 5.41) is 7.59. The molecule has 1 aliphatic rings. The maximum atomic E-state index is 12.7. The zero-order valence-corrected chi connectivity index (χ0v) is 19.1. The second kappa shape index (κ2) is 8.86. The maximum absolute atomic E-state index is 12.7. The van der Waals surface area contributed by atoms with Crippen LogP contribution >= 0.6 is 0 Å². The number of aryl methyl sites for hydroxylation is 4. The van der Waals surface area contributed by atoms with Gasteiger partial charge in [-0.3, -0.25) is 4.79 Å². The molecule has 1 fully saturated rings. The molecule has 3 aromatic rings. The molecule has 0 unspecified atom stereocenters. The predicted molar refractivity (Wildman–Crippen MR) is 128 cm³/mol. The largest absolute Gasteiger partial charge is 0.352 e. The Morgan fingerprint density at radius 3 is 2.12 bits per heavy atom. The number of nitrogens with one attached hydrogen (secondary N) is 1. The van der Waals surface area contributed by atoms with Crippen molar-refractivity contribution in [3.8, 4) is 5.69 Å². The topological polar surface area (TPSA) is 70.5 Å². The van der Waals surface area contributed by atoms with Gasteiger partial charge in [-0.15, -0.1) is 5.10 Å². The Kier molecular flexibility index (Phi) is 5.99. The Labute approximate surface area is 188 Å². The van der Waals surface area contributed by atoms with Crippen LogP contribution in [0.25, 0.3) is 5.69 Å². The van der Waals surface area contributed by atoms with Crippen LogP contribution in [0.15, 0.2) is 53.3 Å². The average molecular weight is 432 g/mol. The third-order valence-corrected chi connectivity index (χ3v) is 6.17. The number of aromatic nitrogens is 2. The number of rotatable bonds is 3. The molecule has 32 heavy (non-hydrogen) atoms. The molecular weight excluding hydrogens is 402 g/mol. The standard InChI is InChI=1S/C25H29N5O2/c1-17-5-7-21(15-19(17)3)26-25(32)29-13-11-28(12-14-29)23-9-10-24(31)30(27-23)22-8-6-18(2)20(4)16-22/h5-10,15-16H,11-14H2,1-4H3,(H,26,32). The lowest BCUT2D eigenvalue weighted by atomic mass is 10.1. The Bertz CT molecular complexity index is 1210. The van der Waals surface area contributed by atoms with Gasteiger partial charge in [0.2, 0.25) is 0 Å². The van der Waals surface area contributed by atoms with E-state index in [4.69, 9.17) is 0 Å². The van der Waals surface area contributed by atoms with Gasteiger partial charge in [0.25, 0.3) is 5.56 Å². The van der Waals surface area contributed by atoms with Gasteiger partial charge in [0.15, 0.2) is 0 Å². The van der Waals surface area contributed by atoms with Gasteiger partial charge in [0.1, 0.15) is 5.82 Å². The average Bonchev–Trinajstić information content (AvgIpc) is 2.79. The van der Waals surface area contributed by atoms with E-state index >= 15 is 0 Å². The Morgan fingerprint density at radius 1 is 0.812 bits per heavy atom. The summed E-state index contributed by atoms with van der Waals surface area (Å²) in [5.74, 6) is 0.733. The number of hydrogen-bond acceptors (Lipinski definition) is 4. The number of carbonyl (C=O) groups is 1. The highest BCUT2D eigenvalue weighted by Crippen LogP contribution is 2.18. The van der Waals surface area contributed by atoms with Crippen molar-refractivity contribution in [1.29, 1.82) is 0 Å². The lowest BCUT2D eigenvalue weighted by molar-refractivity contribution is 0.208. The summed E-state index contributed by atoms with van der Waals surface area (Å²) in [5.41, 5.74) is 6.04. The molecule has 2 heterocycles. The van der Waals surface area contributed by atoms with E-state index in [-0.39, 0.29) is 11.6 Å². The second-order valence-corrected chi connectivity index (χ2v) is 8.41. The van der Waals surface area contributed by atoms with Crippen LogP contribution < -0.4 is 15.8 Å². The molecule has 0 aliphatic carbocycles. The van der Waals surface area contributed by atoms with E-state index in [9.17, 15) is 9.59 Å². The monoisotopic (exact) mass is 431 g/mol. The van der Waals surface area contributed by atoms with E-state index in [1.54, 1.807) is 12.1 Å². The van der Waals surface area contributed by atoms with Crippen LogP contribution in [-0.2, 0) is 0 Å². The third-order valence-electron chi connectivity index (χ3n) is 6.17. The van der Waals surface area contributed by atoms with Crippen molar-refractivity contribution in [3.05, 3.63) is 81.1 Å². The van der Waals surface area contributed by atoms with Gasteiger partial charge in [0, 0.05) is 37.9 Å². The number of anilines is 2. The zero-order valence-electron chi connectivity index (χ0n) is 19.1. The molecule has 7 heteroatoms. The van der Waals surface area contributed by atoms with Crippen molar-refractivity contribution >= 4 is 17.5 Å². The maximum Gasteiger partial charge on any atom is 0.321 e. The fourth-order valence-corrected chi connectivity index (χ4v) is 3.77. The number of carbonyl (C=O) groups excluding carboxylic acids is 1. The first-order valence-electron chi connectivity index (χ1n) is 10.9. The van der Waals surface area contributed by atoms with Gasteiger partial charge in [-0.2, -0.15) is 4.68 Å². The minimum Gasteiger partial charge on any atom is -0.352 e. The highest BCUT2D eigenvalue weighted by atomic mass is 16.2. The normalized spacial score (nSPS) is 13.9. The van der Waals surface area contributed by atoms with Crippen LogP contribution in [0.5, 0.6) is 0 Å². The minimum atomic E-state index is -0.164. The van der Waals surface area contributed by atoms with Crippen LogP contribution in [0.2, 0.25) is 0 Å². The molecule has 2 amide bonds. The SMILES string of the molecule is Cc1ccc(NC(=O)N2CCN(c3ccc(=O)n(-c4ccc(C)c(C)c4)n3)CC2)cc1C. The van der Waals surface area contributed by atoms with Crippen molar-refractivity contribution in [2.24, 2.45) is 0 Å². The first-order chi connectivity index (χ1) is 15.3. The highest BCUT2D eigenvalue weighted by molar-refractivity contribution is 5.89. The molecule has 1 aromatic heterocycles. The van der Waals surface area contributed by atoms with Gasteiger partial charge in [0.05, 0.1) is 5.69 Å². The molecule has 0 saturated carbocycles. The predicted octanol–water partition coefficient (Wildman–Crippen LogP) is 3.82.